The van der Waals surface area contributed by atoms with Crippen molar-refractivity contribution in [2.75, 3.05) is 18.0 Å². The number of aromatic nitrogens is 2. The van der Waals surface area contributed by atoms with Crippen LogP contribution in [-0.4, -0.2) is 51.3 Å². The lowest BCUT2D eigenvalue weighted by Gasteiger charge is -2.19. The van der Waals surface area contributed by atoms with Crippen LogP contribution in [0.4, 0.5) is 5.82 Å². The maximum Gasteiger partial charge on any atom is 0.323 e. The van der Waals surface area contributed by atoms with Gasteiger partial charge in [-0.05, 0) is 13.8 Å². The fourth-order valence-corrected chi connectivity index (χ4v) is 1.35. The molecule has 19 heavy (non-hydrogen) atoms. The third-order valence-corrected chi connectivity index (χ3v) is 1.96. The Hall–Kier alpha value is -2.38. The topological polar surface area (TPSA) is 113 Å². The average molecular weight is 269 g/mol. The van der Waals surface area contributed by atoms with Gasteiger partial charge in [-0.15, -0.1) is 0 Å². The molecule has 8 nitrogen and oxygen atoms in total. The second-order valence-corrected chi connectivity index (χ2v) is 4.02. The highest BCUT2D eigenvalue weighted by Gasteiger charge is 2.16. The van der Waals surface area contributed by atoms with Gasteiger partial charge in [-0.1, -0.05) is 0 Å². The Bertz CT molecular complexity index is 447. The Morgan fingerprint density at radius 3 is 2.32 bits per heavy atom. The number of nitrogens with zero attached hydrogens (tertiary/aromatic N) is 3. The number of ether oxygens (including phenoxy) is 1. The van der Waals surface area contributed by atoms with Crippen LogP contribution >= 0.6 is 0 Å². The largest absolute Gasteiger partial charge is 0.480 e. The second kappa shape index (κ2) is 6.53. The van der Waals surface area contributed by atoms with Gasteiger partial charge >= 0.3 is 11.9 Å². The predicted molar refractivity (Wildman–Crippen MR) is 65.3 cm³/mol. The Balaban J connectivity index is 2.94. The summed E-state index contributed by atoms with van der Waals surface area (Å²) in [4.78, 5) is 30.3. The molecule has 2 N–H and O–H groups in total. The lowest BCUT2D eigenvalue weighted by Crippen LogP contribution is -2.35. The van der Waals surface area contributed by atoms with E-state index in [1.54, 1.807) is 0 Å². The van der Waals surface area contributed by atoms with Crippen LogP contribution in [-0.2, 0) is 9.59 Å². The zero-order valence-electron chi connectivity index (χ0n) is 10.6. The molecule has 0 saturated heterocycles. The van der Waals surface area contributed by atoms with Gasteiger partial charge in [0.15, 0.2) is 0 Å². The summed E-state index contributed by atoms with van der Waals surface area (Å²) in [6, 6.07) is 1.41. The van der Waals surface area contributed by atoms with E-state index in [1.165, 1.54) is 12.4 Å². The molecule has 0 atom stereocenters. The average Bonchev–Trinajstić information content (AvgIpc) is 2.26. The summed E-state index contributed by atoms with van der Waals surface area (Å²) in [6.45, 7) is 2.69. The minimum Gasteiger partial charge on any atom is -0.480 e. The molecule has 1 aromatic rings. The first-order valence-electron chi connectivity index (χ1n) is 5.55. The summed E-state index contributed by atoms with van der Waals surface area (Å²) < 4.78 is 5.34. The number of hydrogen-bond donors (Lipinski definition) is 2. The summed E-state index contributed by atoms with van der Waals surface area (Å²) in [5.74, 6) is -1.84. The van der Waals surface area contributed by atoms with E-state index >= 15 is 0 Å². The highest BCUT2D eigenvalue weighted by molar-refractivity contribution is 5.78. The second-order valence-electron chi connectivity index (χ2n) is 4.02. The minimum atomic E-state index is -1.15. The van der Waals surface area contributed by atoms with Crippen molar-refractivity contribution < 1.29 is 24.5 Å². The van der Waals surface area contributed by atoms with Crippen molar-refractivity contribution in [1.82, 2.24) is 9.97 Å². The van der Waals surface area contributed by atoms with E-state index in [4.69, 9.17) is 14.9 Å². The van der Waals surface area contributed by atoms with Crippen LogP contribution < -0.4 is 9.64 Å². The molecule has 0 aliphatic heterocycles. The minimum absolute atomic E-state index is 0.102. The Morgan fingerprint density at radius 2 is 1.84 bits per heavy atom. The Labute approximate surface area is 109 Å². The molecule has 1 aromatic heterocycles. The fourth-order valence-electron chi connectivity index (χ4n) is 1.35. The molecule has 0 amide bonds. The number of carbonyl (C=O) groups is 2. The van der Waals surface area contributed by atoms with Crippen LogP contribution in [0, 0.1) is 0 Å². The molecule has 1 heterocycles. The molecule has 0 unspecified atom stereocenters. The Kier molecular flexibility index (Phi) is 5.04. The molecule has 0 aliphatic carbocycles. The van der Waals surface area contributed by atoms with Gasteiger partial charge in [-0.3, -0.25) is 9.59 Å². The molecule has 0 aromatic carbocycles. The SMILES string of the molecule is CC(C)Oc1cc(N(CC(=O)O)CC(=O)O)ncn1. The van der Waals surface area contributed by atoms with Crippen molar-refractivity contribution in [2.24, 2.45) is 0 Å². The molecule has 0 spiro atoms. The van der Waals surface area contributed by atoms with Gasteiger partial charge in [0.25, 0.3) is 0 Å². The molecule has 1 rings (SSSR count). The van der Waals surface area contributed by atoms with E-state index < -0.39 is 25.0 Å². The van der Waals surface area contributed by atoms with Gasteiger partial charge < -0.3 is 19.8 Å². The van der Waals surface area contributed by atoms with E-state index in [0.29, 0.717) is 0 Å². The van der Waals surface area contributed by atoms with Gasteiger partial charge in [-0.2, -0.15) is 0 Å². The van der Waals surface area contributed by atoms with Crippen molar-refractivity contribution in [1.29, 1.82) is 0 Å². The van der Waals surface area contributed by atoms with Crippen LogP contribution in [0.5, 0.6) is 5.88 Å². The molecule has 8 heteroatoms. The number of carboxylic acids is 2. The number of rotatable bonds is 7. The van der Waals surface area contributed by atoms with Crippen LogP contribution in [0.3, 0.4) is 0 Å². The maximum absolute atomic E-state index is 10.7. The number of carboxylic acid groups (broad SMARTS) is 2. The molecule has 0 aliphatic rings. The van der Waals surface area contributed by atoms with Crippen molar-refractivity contribution >= 4 is 17.8 Å². The van der Waals surface area contributed by atoms with E-state index in [0.717, 1.165) is 4.90 Å². The van der Waals surface area contributed by atoms with E-state index in [2.05, 4.69) is 9.97 Å². The van der Waals surface area contributed by atoms with E-state index in [9.17, 15) is 9.59 Å². The molecule has 0 bridgehead atoms. The monoisotopic (exact) mass is 269 g/mol. The van der Waals surface area contributed by atoms with Crippen molar-refractivity contribution in [3.8, 4) is 5.88 Å². The van der Waals surface area contributed by atoms with E-state index in [-0.39, 0.29) is 17.8 Å². The first-order chi connectivity index (χ1) is 8.88. The molecular weight excluding hydrogens is 254 g/mol. The third kappa shape index (κ3) is 5.19. The molecule has 104 valence electrons. The predicted octanol–water partition coefficient (Wildman–Crippen LogP) is 0.239. The van der Waals surface area contributed by atoms with Gasteiger partial charge in [0.2, 0.25) is 5.88 Å². The molecule has 0 radical (unpaired) electrons. The van der Waals surface area contributed by atoms with Gasteiger partial charge in [-0.25, -0.2) is 9.97 Å². The fraction of sp³-hybridized carbons (Fsp3) is 0.455. The van der Waals surface area contributed by atoms with Gasteiger partial charge in [0.05, 0.1) is 6.10 Å². The maximum atomic E-state index is 10.7. The van der Waals surface area contributed by atoms with Crippen molar-refractivity contribution in [3.63, 3.8) is 0 Å². The van der Waals surface area contributed by atoms with Crippen molar-refractivity contribution in [2.45, 2.75) is 20.0 Å². The summed E-state index contributed by atoms with van der Waals surface area (Å²) >= 11 is 0. The van der Waals surface area contributed by atoms with Crippen LogP contribution in [0.25, 0.3) is 0 Å². The standard InChI is InChI=1S/C11H15N3O5/c1-7(2)19-9-3-8(12-6-13-9)14(4-10(15)16)5-11(17)18/h3,6-7H,4-5H2,1-2H3,(H,15,16)(H,17,18). The molecule has 0 fully saturated rings. The normalized spacial score (nSPS) is 10.3. The van der Waals surface area contributed by atoms with Gasteiger partial charge in [0, 0.05) is 6.07 Å². The lowest BCUT2D eigenvalue weighted by atomic mass is 10.4. The van der Waals surface area contributed by atoms with Crippen LogP contribution in [0.1, 0.15) is 13.8 Å². The van der Waals surface area contributed by atoms with Crippen LogP contribution in [0.15, 0.2) is 12.4 Å². The highest BCUT2D eigenvalue weighted by Crippen LogP contribution is 2.16. The quantitative estimate of drug-likeness (QED) is 0.723. The number of hydrogen-bond acceptors (Lipinski definition) is 6. The summed E-state index contributed by atoms with van der Waals surface area (Å²) in [5.41, 5.74) is 0. The van der Waals surface area contributed by atoms with E-state index in [1.807, 2.05) is 13.8 Å². The van der Waals surface area contributed by atoms with Crippen LogP contribution in [0.2, 0.25) is 0 Å². The number of anilines is 1. The first-order valence-corrected chi connectivity index (χ1v) is 5.55. The highest BCUT2D eigenvalue weighted by atomic mass is 16.5. The lowest BCUT2D eigenvalue weighted by molar-refractivity contribution is -0.136. The zero-order valence-corrected chi connectivity index (χ0v) is 10.6. The summed E-state index contributed by atoms with van der Waals surface area (Å²) in [5, 5.41) is 17.5. The smallest absolute Gasteiger partial charge is 0.323 e. The molecule has 0 saturated carbocycles. The Morgan fingerprint density at radius 1 is 1.26 bits per heavy atom. The summed E-state index contributed by atoms with van der Waals surface area (Å²) in [6.07, 6.45) is 1.10. The zero-order chi connectivity index (χ0) is 14.4. The van der Waals surface area contributed by atoms with Crippen molar-refractivity contribution in [3.05, 3.63) is 12.4 Å². The summed E-state index contributed by atoms with van der Waals surface area (Å²) in [7, 11) is 0. The first kappa shape index (κ1) is 14.7. The van der Waals surface area contributed by atoms with Gasteiger partial charge in [0.1, 0.15) is 25.2 Å². The molecular formula is C11H15N3O5. The third-order valence-electron chi connectivity index (χ3n) is 1.96. The number of aliphatic carboxylic acids is 2.